The lowest BCUT2D eigenvalue weighted by Crippen LogP contribution is -2.52. The minimum atomic E-state index is -0.776. The van der Waals surface area contributed by atoms with Gasteiger partial charge in [-0.2, -0.15) is 0 Å². The molecule has 1 saturated carbocycles. The molecule has 0 aromatic heterocycles. The van der Waals surface area contributed by atoms with Crippen molar-refractivity contribution in [1.29, 1.82) is 0 Å². The van der Waals surface area contributed by atoms with Crippen LogP contribution in [0.15, 0.2) is 0 Å². The van der Waals surface area contributed by atoms with Crippen LogP contribution in [0.5, 0.6) is 0 Å². The van der Waals surface area contributed by atoms with E-state index in [4.69, 9.17) is 10.5 Å². The zero-order valence-electron chi connectivity index (χ0n) is 11.3. The SMILES string of the molecule is COC(C)(C)C(=O)NC(CN)C1CCCCC1. The largest absolute Gasteiger partial charge is 0.369 e. The molecule has 1 atom stereocenters. The smallest absolute Gasteiger partial charge is 0.251 e. The molecule has 0 saturated heterocycles. The van der Waals surface area contributed by atoms with Crippen LogP contribution >= 0.6 is 0 Å². The molecule has 0 aliphatic heterocycles. The van der Waals surface area contributed by atoms with Crippen molar-refractivity contribution in [1.82, 2.24) is 5.32 Å². The number of rotatable bonds is 5. The predicted molar refractivity (Wildman–Crippen MR) is 68.6 cm³/mol. The summed E-state index contributed by atoms with van der Waals surface area (Å²) < 4.78 is 5.18. The molecule has 1 amide bonds. The first kappa shape index (κ1) is 14.5. The van der Waals surface area contributed by atoms with Gasteiger partial charge in [0.2, 0.25) is 0 Å². The topological polar surface area (TPSA) is 64.3 Å². The fourth-order valence-electron chi connectivity index (χ4n) is 2.34. The van der Waals surface area contributed by atoms with E-state index in [9.17, 15) is 4.79 Å². The predicted octanol–water partition coefficient (Wildman–Crippen LogP) is 1.44. The molecule has 0 spiro atoms. The van der Waals surface area contributed by atoms with Crippen molar-refractivity contribution in [3.63, 3.8) is 0 Å². The Morgan fingerprint density at radius 1 is 1.41 bits per heavy atom. The lowest BCUT2D eigenvalue weighted by Gasteiger charge is -2.32. The number of ether oxygens (including phenoxy) is 1. The van der Waals surface area contributed by atoms with Crippen LogP contribution in [-0.2, 0) is 9.53 Å². The summed E-state index contributed by atoms with van der Waals surface area (Å²) in [6.07, 6.45) is 6.17. The van der Waals surface area contributed by atoms with Crippen molar-refractivity contribution in [2.75, 3.05) is 13.7 Å². The molecule has 0 bridgehead atoms. The number of carbonyl (C=O) groups excluding carboxylic acids is 1. The third-order valence-corrected chi connectivity index (χ3v) is 3.85. The van der Waals surface area contributed by atoms with Crippen molar-refractivity contribution < 1.29 is 9.53 Å². The molecule has 1 rings (SSSR count). The molecule has 1 unspecified atom stereocenters. The van der Waals surface area contributed by atoms with Gasteiger partial charge in [0.1, 0.15) is 5.60 Å². The Morgan fingerprint density at radius 3 is 2.47 bits per heavy atom. The van der Waals surface area contributed by atoms with Gasteiger partial charge in [0.05, 0.1) is 0 Å². The lowest BCUT2D eigenvalue weighted by atomic mass is 9.83. The highest BCUT2D eigenvalue weighted by Crippen LogP contribution is 2.26. The summed E-state index contributed by atoms with van der Waals surface area (Å²) in [6.45, 7) is 4.06. The number of nitrogens with one attached hydrogen (secondary N) is 1. The minimum Gasteiger partial charge on any atom is -0.369 e. The molecule has 0 aromatic rings. The second kappa shape index (κ2) is 6.36. The van der Waals surface area contributed by atoms with Gasteiger partial charge in [-0.15, -0.1) is 0 Å². The number of carbonyl (C=O) groups is 1. The number of amides is 1. The van der Waals surface area contributed by atoms with E-state index in [0.29, 0.717) is 12.5 Å². The summed E-state index contributed by atoms with van der Waals surface area (Å²) in [5.41, 5.74) is 5.01. The highest BCUT2D eigenvalue weighted by Gasteiger charge is 2.31. The van der Waals surface area contributed by atoms with Crippen LogP contribution < -0.4 is 11.1 Å². The fraction of sp³-hybridized carbons (Fsp3) is 0.923. The molecule has 4 heteroatoms. The van der Waals surface area contributed by atoms with E-state index >= 15 is 0 Å². The Bertz CT molecular complexity index is 248. The molecule has 100 valence electrons. The Morgan fingerprint density at radius 2 is 2.00 bits per heavy atom. The second-order valence-corrected chi connectivity index (χ2v) is 5.43. The van der Waals surface area contributed by atoms with Crippen LogP contribution in [0, 0.1) is 5.92 Å². The standard InChI is InChI=1S/C13H26N2O2/c1-13(2,17-3)12(16)15-11(9-14)10-7-5-4-6-8-10/h10-11H,4-9,14H2,1-3H3,(H,15,16). The normalized spacial score (nSPS) is 20.0. The molecule has 17 heavy (non-hydrogen) atoms. The van der Waals surface area contributed by atoms with Gasteiger partial charge in [-0.25, -0.2) is 0 Å². The summed E-state index contributed by atoms with van der Waals surface area (Å²) >= 11 is 0. The molecule has 1 aliphatic carbocycles. The van der Waals surface area contributed by atoms with Gasteiger partial charge in [0.25, 0.3) is 5.91 Å². The Hall–Kier alpha value is -0.610. The van der Waals surface area contributed by atoms with E-state index in [2.05, 4.69) is 5.32 Å². The molecule has 0 aromatic carbocycles. The molecule has 3 N–H and O–H groups in total. The van der Waals surface area contributed by atoms with Crippen LogP contribution in [0.2, 0.25) is 0 Å². The monoisotopic (exact) mass is 242 g/mol. The van der Waals surface area contributed by atoms with Crippen LogP contribution in [0.1, 0.15) is 46.0 Å². The Balaban J connectivity index is 2.54. The summed E-state index contributed by atoms with van der Waals surface area (Å²) in [5, 5.41) is 3.04. The molecule has 4 nitrogen and oxygen atoms in total. The van der Waals surface area contributed by atoms with Crippen molar-refractivity contribution >= 4 is 5.91 Å². The Kier molecular flexibility index (Phi) is 5.40. The molecule has 0 radical (unpaired) electrons. The first-order chi connectivity index (χ1) is 8.01. The summed E-state index contributed by atoms with van der Waals surface area (Å²) in [4.78, 5) is 12.0. The summed E-state index contributed by atoms with van der Waals surface area (Å²) in [7, 11) is 1.55. The van der Waals surface area contributed by atoms with Crippen LogP contribution in [0.4, 0.5) is 0 Å². The number of hydrogen-bond donors (Lipinski definition) is 2. The molecular weight excluding hydrogens is 216 g/mol. The lowest BCUT2D eigenvalue weighted by molar-refractivity contribution is -0.140. The average Bonchev–Trinajstić information content (AvgIpc) is 2.36. The Labute approximate surface area is 104 Å². The quantitative estimate of drug-likeness (QED) is 0.766. The van der Waals surface area contributed by atoms with Gasteiger partial charge in [-0.1, -0.05) is 19.3 Å². The van der Waals surface area contributed by atoms with Crippen molar-refractivity contribution in [3.8, 4) is 0 Å². The zero-order chi connectivity index (χ0) is 12.9. The third-order valence-electron chi connectivity index (χ3n) is 3.85. The van der Waals surface area contributed by atoms with E-state index in [1.807, 2.05) is 0 Å². The van der Waals surface area contributed by atoms with E-state index < -0.39 is 5.60 Å². The zero-order valence-corrected chi connectivity index (χ0v) is 11.3. The molecule has 1 fully saturated rings. The first-order valence-corrected chi connectivity index (χ1v) is 6.57. The van der Waals surface area contributed by atoms with Gasteiger partial charge in [0.15, 0.2) is 0 Å². The average molecular weight is 242 g/mol. The van der Waals surface area contributed by atoms with Crippen LogP contribution in [-0.4, -0.2) is 31.2 Å². The second-order valence-electron chi connectivity index (χ2n) is 5.43. The van der Waals surface area contributed by atoms with Gasteiger partial charge in [0, 0.05) is 19.7 Å². The van der Waals surface area contributed by atoms with E-state index in [1.54, 1.807) is 21.0 Å². The highest BCUT2D eigenvalue weighted by molar-refractivity contribution is 5.84. The van der Waals surface area contributed by atoms with E-state index in [-0.39, 0.29) is 11.9 Å². The van der Waals surface area contributed by atoms with Gasteiger partial charge in [-0.3, -0.25) is 4.79 Å². The third kappa shape index (κ3) is 3.96. The molecule has 0 heterocycles. The van der Waals surface area contributed by atoms with Crippen molar-refractivity contribution in [3.05, 3.63) is 0 Å². The maximum atomic E-state index is 12.0. The maximum absolute atomic E-state index is 12.0. The summed E-state index contributed by atoms with van der Waals surface area (Å²) in [6, 6.07) is 0.0947. The van der Waals surface area contributed by atoms with Gasteiger partial charge >= 0.3 is 0 Å². The summed E-state index contributed by atoms with van der Waals surface area (Å²) in [5.74, 6) is 0.464. The van der Waals surface area contributed by atoms with Gasteiger partial charge < -0.3 is 15.8 Å². The van der Waals surface area contributed by atoms with E-state index in [1.165, 1.54) is 32.1 Å². The first-order valence-electron chi connectivity index (χ1n) is 6.57. The highest BCUT2D eigenvalue weighted by atomic mass is 16.5. The van der Waals surface area contributed by atoms with Crippen molar-refractivity contribution in [2.24, 2.45) is 11.7 Å². The molecule has 1 aliphatic rings. The van der Waals surface area contributed by atoms with Crippen LogP contribution in [0.25, 0.3) is 0 Å². The van der Waals surface area contributed by atoms with E-state index in [0.717, 1.165) is 0 Å². The molecular formula is C13H26N2O2. The number of nitrogens with two attached hydrogens (primary N) is 1. The van der Waals surface area contributed by atoms with Gasteiger partial charge in [-0.05, 0) is 32.6 Å². The van der Waals surface area contributed by atoms with Crippen LogP contribution in [0.3, 0.4) is 0 Å². The number of hydrogen-bond acceptors (Lipinski definition) is 3. The maximum Gasteiger partial charge on any atom is 0.251 e. The fourth-order valence-corrected chi connectivity index (χ4v) is 2.34. The van der Waals surface area contributed by atoms with Crippen molar-refractivity contribution in [2.45, 2.75) is 57.6 Å². The minimum absolute atomic E-state index is 0.0685. The number of methoxy groups -OCH3 is 1.